The van der Waals surface area contributed by atoms with E-state index in [9.17, 15) is 9.18 Å². The smallest absolute Gasteiger partial charge is 0.227 e. The molecular weight excluding hydrogens is 281 g/mol. The van der Waals surface area contributed by atoms with Gasteiger partial charge in [0.25, 0.3) is 0 Å². The van der Waals surface area contributed by atoms with Crippen molar-refractivity contribution in [3.63, 3.8) is 0 Å². The molecule has 0 spiro atoms. The van der Waals surface area contributed by atoms with Crippen LogP contribution < -0.4 is 0 Å². The standard InChI is InChI=1S/C17H16FN3O/c18-16-6-1-4-14(10-16)11-17(22)21(9-3-7-19)13-15-5-2-8-20-12-15/h1-2,4-6,8,10,12H,3,9,11,13H2. The van der Waals surface area contributed by atoms with Gasteiger partial charge in [-0.15, -0.1) is 0 Å². The van der Waals surface area contributed by atoms with Crippen LogP contribution in [-0.2, 0) is 17.8 Å². The van der Waals surface area contributed by atoms with Crippen LogP contribution in [0.4, 0.5) is 4.39 Å². The number of rotatable bonds is 6. The molecule has 5 heteroatoms. The molecule has 0 aliphatic rings. The molecule has 1 aromatic carbocycles. The Balaban J connectivity index is 2.07. The van der Waals surface area contributed by atoms with Gasteiger partial charge in [0.15, 0.2) is 0 Å². The van der Waals surface area contributed by atoms with Crippen molar-refractivity contribution in [1.29, 1.82) is 5.26 Å². The number of pyridine rings is 1. The Bertz CT molecular complexity index is 667. The van der Waals surface area contributed by atoms with Gasteiger partial charge >= 0.3 is 0 Å². The van der Waals surface area contributed by atoms with E-state index in [1.54, 1.807) is 35.5 Å². The summed E-state index contributed by atoms with van der Waals surface area (Å²) in [6, 6.07) is 11.7. The van der Waals surface area contributed by atoms with E-state index in [1.165, 1.54) is 12.1 Å². The van der Waals surface area contributed by atoms with Gasteiger partial charge in [0, 0.05) is 25.5 Å². The molecule has 2 rings (SSSR count). The Labute approximate surface area is 128 Å². The molecule has 4 nitrogen and oxygen atoms in total. The minimum Gasteiger partial charge on any atom is -0.337 e. The van der Waals surface area contributed by atoms with Crippen molar-refractivity contribution < 1.29 is 9.18 Å². The zero-order chi connectivity index (χ0) is 15.8. The minimum atomic E-state index is -0.360. The highest BCUT2D eigenvalue weighted by Gasteiger charge is 2.14. The van der Waals surface area contributed by atoms with Gasteiger partial charge in [-0.1, -0.05) is 18.2 Å². The maximum Gasteiger partial charge on any atom is 0.227 e. The third kappa shape index (κ3) is 4.67. The Hall–Kier alpha value is -2.74. The first-order valence-corrected chi connectivity index (χ1v) is 6.97. The molecule has 112 valence electrons. The van der Waals surface area contributed by atoms with Crippen LogP contribution in [0.1, 0.15) is 17.5 Å². The van der Waals surface area contributed by atoms with E-state index in [2.05, 4.69) is 4.98 Å². The van der Waals surface area contributed by atoms with Crippen LogP contribution in [0.5, 0.6) is 0 Å². The lowest BCUT2D eigenvalue weighted by Crippen LogP contribution is -2.32. The van der Waals surface area contributed by atoms with Crippen molar-refractivity contribution >= 4 is 5.91 Å². The van der Waals surface area contributed by atoms with Crippen LogP contribution in [0, 0.1) is 17.1 Å². The Morgan fingerprint density at radius 2 is 2.09 bits per heavy atom. The average molecular weight is 297 g/mol. The maximum atomic E-state index is 13.2. The fourth-order valence-electron chi connectivity index (χ4n) is 2.12. The number of carbonyl (C=O) groups is 1. The molecule has 0 atom stereocenters. The zero-order valence-electron chi connectivity index (χ0n) is 12.1. The molecule has 0 unspecified atom stereocenters. The molecule has 0 radical (unpaired) electrons. The first kappa shape index (κ1) is 15.6. The molecule has 0 aliphatic heterocycles. The van der Waals surface area contributed by atoms with Crippen LogP contribution in [-0.4, -0.2) is 22.3 Å². The molecule has 0 aliphatic carbocycles. The first-order chi connectivity index (χ1) is 10.7. The van der Waals surface area contributed by atoms with E-state index in [0.717, 1.165) is 5.56 Å². The maximum absolute atomic E-state index is 13.2. The van der Waals surface area contributed by atoms with Crippen LogP contribution in [0.2, 0.25) is 0 Å². The molecule has 1 aromatic heterocycles. The Morgan fingerprint density at radius 3 is 2.77 bits per heavy atom. The van der Waals surface area contributed by atoms with Gasteiger partial charge in [-0.25, -0.2) is 4.39 Å². The lowest BCUT2D eigenvalue weighted by atomic mass is 10.1. The topological polar surface area (TPSA) is 57.0 Å². The number of amides is 1. The number of carbonyl (C=O) groups excluding carboxylic acids is 1. The Morgan fingerprint density at radius 1 is 1.27 bits per heavy atom. The lowest BCUT2D eigenvalue weighted by molar-refractivity contribution is -0.131. The summed E-state index contributed by atoms with van der Waals surface area (Å²) in [4.78, 5) is 18.0. The number of nitrogens with zero attached hydrogens (tertiary/aromatic N) is 3. The Kier molecular flexibility index (Phi) is 5.61. The van der Waals surface area contributed by atoms with Crippen molar-refractivity contribution in [3.05, 3.63) is 65.7 Å². The second kappa shape index (κ2) is 7.89. The van der Waals surface area contributed by atoms with Crippen molar-refractivity contribution in [2.45, 2.75) is 19.4 Å². The summed E-state index contributed by atoms with van der Waals surface area (Å²) in [5.41, 5.74) is 1.52. The molecule has 2 aromatic rings. The van der Waals surface area contributed by atoms with Gasteiger partial charge in [-0.3, -0.25) is 9.78 Å². The number of benzene rings is 1. The summed E-state index contributed by atoms with van der Waals surface area (Å²) in [6.45, 7) is 0.739. The van der Waals surface area contributed by atoms with Crippen LogP contribution >= 0.6 is 0 Å². The minimum absolute atomic E-state index is 0.115. The summed E-state index contributed by atoms with van der Waals surface area (Å²) >= 11 is 0. The van der Waals surface area contributed by atoms with Crippen molar-refractivity contribution in [2.24, 2.45) is 0 Å². The van der Waals surface area contributed by atoms with E-state index in [-0.39, 0.29) is 24.6 Å². The molecule has 0 fully saturated rings. The quantitative estimate of drug-likeness (QED) is 0.823. The number of nitriles is 1. The third-order valence-electron chi connectivity index (χ3n) is 3.19. The number of hydrogen-bond acceptors (Lipinski definition) is 3. The summed E-state index contributed by atoms with van der Waals surface area (Å²) in [5.74, 6) is -0.495. The largest absolute Gasteiger partial charge is 0.337 e. The fourth-order valence-corrected chi connectivity index (χ4v) is 2.12. The highest BCUT2D eigenvalue weighted by molar-refractivity contribution is 5.78. The lowest BCUT2D eigenvalue weighted by Gasteiger charge is -2.21. The third-order valence-corrected chi connectivity index (χ3v) is 3.19. The van der Waals surface area contributed by atoms with E-state index < -0.39 is 0 Å². The normalized spacial score (nSPS) is 10.0. The van der Waals surface area contributed by atoms with Gasteiger partial charge in [0.05, 0.1) is 18.9 Å². The molecule has 1 amide bonds. The summed E-state index contributed by atoms with van der Waals surface area (Å²) < 4.78 is 13.2. The number of aromatic nitrogens is 1. The fraction of sp³-hybridized carbons (Fsp3) is 0.235. The van der Waals surface area contributed by atoms with E-state index in [0.29, 0.717) is 18.7 Å². The SMILES string of the molecule is N#CCCN(Cc1cccnc1)C(=O)Cc1cccc(F)c1. The zero-order valence-corrected chi connectivity index (χ0v) is 12.1. The van der Waals surface area contributed by atoms with E-state index >= 15 is 0 Å². The summed E-state index contributed by atoms with van der Waals surface area (Å²) in [5, 5.41) is 8.74. The summed E-state index contributed by atoms with van der Waals surface area (Å²) in [6.07, 6.45) is 3.73. The van der Waals surface area contributed by atoms with Crippen molar-refractivity contribution in [2.75, 3.05) is 6.54 Å². The van der Waals surface area contributed by atoms with Gasteiger partial charge in [0.2, 0.25) is 5.91 Å². The van der Waals surface area contributed by atoms with Gasteiger partial charge in [0.1, 0.15) is 5.82 Å². The monoisotopic (exact) mass is 297 g/mol. The van der Waals surface area contributed by atoms with Gasteiger partial charge < -0.3 is 4.90 Å². The molecule has 22 heavy (non-hydrogen) atoms. The molecule has 0 bridgehead atoms. The highest BCUT2D eigenvalue weighted by Crippen LogP contribution is 2.09. The highest BCUT2D eigenvalue weighted by atomic mass is 19.1. The second-order valence-corrected chi connectivity index (χ2v) is 4.89. The van der Waals surface area contributed by atoms with Gasteiger partial charge in [-0.05, 0) is 29.3 Å². The molecular formula is C17H16FN3O. The van der Waals surface area contributed by atoms with E-state index in [1.807, 2.05) is 12.1 Å². The average Bonchev–Trinajstić information content (AvgIpc) is 2.52. The van der Waals surface area contributed by atoms with Crippen molar-refractivity contribution in [1.82, 2.24) is 9.88 Å². The first-order valence-electron chi connectivity index (χ1n) is 6.97. The van der Waals surface area contributed by atoms with Crippen LogP contribution in [0.15, 0.2) is 48.8 Å². The van der Waals surface area contributed by atoms with Crippen LogP contribution in [0.25, 0.3) is 0 Å². The van der Waals surface area contributed by atoms with Crippen molar-refractivity contribution in [3.8, 4) is 6.07 Å². The number of halogens is 1. The van der Waals surface area contributed by atoms with E-state index in [4.69, 9.17) is 5.26 Å². The van der Waals surface area contributed by atoms with Gasteiger partial charge in [-0.2, -0.15) is 5.26 Å². The molecule has 1 heterocycles. The molecule has 0 saturated carbocycles. The summed E-state index contributed by atoms with van der Waals surface area (Å²) in [7, 11) is 0. The van der Waals surface area contributed by atoms with Crippen LogP contribution in [0.3, 0.4) is 0 Å². The number of hydrogen-bond donors (Lipinski definition) is 0. The second-order valence-electron chi connectivity index (χ2n) is 4.89. The predicted octanol–water partition coefficient (Wildman–Crippen LogP) is 2.71. The molecule has 0 saturated heterocycles. The molecule has 0 N–H and O–H groups in total. The predicted molar refractivity (Wildman–Crippen MR) is 80.0 cm³/mol.